The minimum Gasteiger partial charge on any atom is -0.375 e. The van der Waals surface area contributed by atoms with E-state index < -0.39 is 0 Å². The number of rotatable bonds is 3. The standard InChI is InChI=1S/C10H14Cl2N2/c1-13-6-7-4-8(11)10(14(2)3)9(12)5-7/h4-5,13H,6H2,1-3H3. The van der Waals surface area contributed by atoms with Gasteiger partial charge >= 0.3 is 0 Å². The quantitative estimate of drug-likeness (QED) is 0.863. The normalized spacial score (nSPS) is 10.4. The molecule has 0 aliphatic rings. The molecule has 0 radical (unpaired) electrons. The van der Waals surface area contributed by atoms with E-state index in [1.165, 1.54) is 0 Å². The van der Waals surface area contributed by atoms with Gasteiger partial charge in [0.15, 0.2) is 0 Å². The zero-order valence-corrected chi connectivity index (χ0v) is 10.1. The molecule has 0 spiro atoms. The number of benzene rings is 1. The summed E-state index contributed by atoms with van der Waals surface area (Å²) in [6.07, 6.45) is 0. The van der Waals surface area contributed by atoms with E-state index in [9.17, 15) is 0 Å². The van der Waals surface area contributed by atoms with Gasteiger partial charge in [-0.1, -0.05) is 23.2 Å². The lowest BCUT2D eigenvalue weighted by atomic mass is 10.2. The van der Waals surface area contributed by atoms with Crippen LogP contribution < -0.4 is 10.2 Å². The van der Waals surface area contributed by atoms with Gasteiger partial charge in [-0.2, -0.15) is 0 Å². The number of hydrogen-bond donors (Lipinski definition) is 1. The first-order valence-corrected chi connectivity index (χ1v) is 5.11. The molecule has 2 nitrogen and oxygen atoms in total. The van der Waals surface area contributed by atoms with Crippen LogP contribution in [0.15, 0.2) is 12.1 Å². The molecule has 78 valence electrons. The minimum absolute atomic E-state index is 0.688. The lowest BCUT2D eigenvalue weighted by molar-refractivity contribution is 0.818. The zero-order valence-electron chi connectivity index (χ0n) is 8.56. The first-order valence-electron chi connectivity index (χ1n) is 4.36. The lowest BCUT2D eigenvalue weighted by Gasteiger charge is -2.17. The zero-order chi connectivity index (χ0) is 10.7. The van der Waals surface area contributed by atoms with Crippen LogP contribution in [0.3, 0.4) is 0 Å². The Balaban J connectivity index is 3.11. The predicted molar refractivity (Wildman–Crippen MR) is 63.6 cm³/mol. The van der Waals surface area contributed by atoms with Crippen LogP contribution in [0, 0.1) is 0 Å². The second-order valence-corrected chi connectivity index (χ2v) is 4.15. The van der Waals surface area contributed by atoms with Crippen molar-refractivity contribution in [3.05, 3.63) is 27.7 Å². The third kappa shape index (κ3) is 2.53. The maximum absolute atomic E-state index is 6.11. The fourth-order valence-electron chi connectivity index (χ4n) is 1.35. The molecule has 4 heteroatoms. The fourth-order valence-corrected chi connectivity index (χ4v) is 2.22. The number of nitrogens with one attached hydrogen (secondary N) is 1. The average molecular weight is 233 g/mol. The van der Waals surface area contributed by atoms with E-state index in [0.29, 0.717) is 10.0 Å². The summed E-state index contributed by atoms with van der Waals surface area (Å²) in [6, 6.07) is 3.86. The molecule has 1 rings (SSSR count). The van der Waals surface area contributed by atoms with Gasteiger partial charge < -0.3 is 10.2 Å². The molecule has 0 aliphatic heterocycles. The van der Waals surface area contributed by atoms with Crippen LogP contribution in [-0.2, 0) is 6.54 Å². The van der Waals surface area contributed by atoms with Crippen LogP contribution in [0.1, 0.15) is 5.56 Å². The highest BCUT2D eigenvalue weighted by Crippen LogP contribution is 2.33. The Bertz CT molecular complexity index is 301. The third-order valence-corrected chi connectivity index (χ3v) is 2.48. The minimum atomic E-state index is 0.688. The van der Waals surface area contributed by atoms with E-state index >= 15 is 0 Å². The van der Waals surface area contributed by atoms with Crippen molar-refractivity contribution in [1.29, 1.82) is 0 Å². The van der Waals surface area contributed by atoms with Gasteiger partial charge in [0.05, 0.1) is 15.7 Å². The molecule has 0 unspecified atom stereocenters. The largest absolute Gasteiger partial charge is 0.375 e. The molecule has 0 saturated carbocycles. The Kier molecular flexibility index (Phi) is 4.05. The van der Waals surface area contributed by atoms with Gasteiger partial charge in [0.25, 0.3) is 0 Å². The van der Waals surface area contributed by atoms with Crippen molar-refractivity contribution in [2.75, 3.05) is 26.0 Å². The molecular weight excluding hydrogens is 219 g/mol. The molecule has 1 N–H and O–H groups in total. The average Bonchev–Trinajstić information content (AvgIpc) is 2.01. The highest BCUT2D eigenvalue weighted by Gasteiger charge is 2.09. The van der Waals surface area contributed by atoms with Gasteiger partial charge in [0, 0.05) is 20.6 Å². The smallest absolute Gasteiger partial charge is 0.0739 e. The van der Waals surface area contributed by atoms with Crippen molar-refractivity contribution in [3.63, 3.8) is 0 Å². The fraction of sp³-hybridized carbons (Fsp3) is 0.400. The highest BCUT2D eigenvalue weighted by atomic mass is 35.5. The summed E-state index contributed by atoms with van der Waals surface area (Å²) in [4.78, 5) is 1.91. The first kappa shape index (κ1) is 11.6. The van der Waals surface area contributed by atoms with Gasteiger partial charge in [0.2, 0.25) is 0 Å². The Labute approximate surface area is 94.8 Å². The second-order valence-electron chi connectivity index (χ2n) is 3.33. The van der Waals surface area contributed by atoms with Crippen molar-refractivity contribution in [2.45, 2.75) is 6.54 Å². The SMILES string of the molecule is CNCc1cc(Cl)c(N(C)C)c(Cl)c1. The summed E-state index contributed by atoms with van der Waals surface area (Å²) in [5.74, 6) is 0. The molecular formula is C10H14Cl2N2. The van der Waals surface area contributed by atoms with E-state index in [1.807, 2.05) is 38.2 Å². The number of anilines is 1. The molecule has 1 aromatic rings. The predicted octanol–water partition coefficient (Wildman–Crippen LogP) is 2.78. The monoisotopic (exact) mass is 232 g/mol. The lowest BCUT2D eigenvalue weighted by Crippen LogP contribution is -2.11. The molecule has 1 aromatic carbocycles. The third-order valence-electron chi connectivity index (χ3n) is 1.90. The molecule has 0 amide bonds. The molecule has 0 fully saturated rings. The summed E-state index contributed by atoms with van der Waals surface area (Å²) in [5, 5.41) is 4.43. The van der Waals surface area contributed by atoms with Crippen LogP contribution in [0.5, 0.6) is 0 Å². The van der Waals surface area contributed by atoms with Crippen molar-refractivity contribution in [1.82, 2.24) is 5.32 Å². The summed E-state index contributed by atoms with van der Waals surface area (Å²) >= 11 is 12.2. The molecule has 0 aromatic heterocycles. The molecule has 0 atom stereocenters. The molecule has 0 bridgehead atoms. The molecule has 0 saturated heterocycles. The van der Waals surface area contributed by atoms with Gasteiger partial charge in [0.1, 0.15) is 0 Å². The van der Waals surface area contributed by atoms with Crippen LogP contribution >= 0.6 is 23.2 Å². The Morgan fingerprint density at radius 2 is 1.71 bits per heavy atom. The summed E-state index contributed by atoms with van der Waals surface area (Å²) in [6.45, 7) is 0.771. The second kappa shape index (κ2) is 4.87. The van der Waals surface area contributed by atoms with Gasteiger partial charge in [-0.3, -0.25) is 0 Å². The van der Waals surface area contributed by atoms with Gasteiger partial charge in [-0.15, -0.1) is 0 Å². The van der Waals surface area contributed by atoms with E-state index in [-0.39, 0.29) is 0 Å². The van der Waals surface area contributed by atoms with Crippen molar-refractivity contribution in [3.8, 4) is 0 Å². The van der Waals surface area contributed by atoms with E-state index in [4.69, 9.17) is 23.2 Å². The Morgan fingerprint density at radius 1 is 1.21 bits per heavy atom. The highest BCUT2D eigenvalue weighted by molar-refractivity contribution is 6.39. The Morgan fingerprint density at radius 3 is 2.07 bits per heavy atom. The molecule has 14 heavy (non-hydrogen) atoms. The van der Waals surface area contributed by atoms with Crippen LogP contribution in [0.25, 0.3) is 0 Å². The van der Waals surface area contributed by atoms with Gasteiger partial charge in [-0.05, 0) is 24.7 Å². The maximum atomic E-state index is 6.11. The summed E-state index contributed by atoms with van der Waals surface area (Å²) in [5.41, 5.74) is 1.96. The number of nitrogens with zero attached hydrogens (tertiary/aromatic N) is 1. The van der Waals surface area contributed by atoms with E-state index in [2.05, 4.69) is 5.32 Å². The topological polar surface area (TPSA) is 15.3 Å². The number of hydrogen-bond acceptors (Lipinski definition) is 2. The summed E-state index contributed by atoms with van der Waals surface area (Å²) < 4.78 is 0. The van der Waals surface area contributed by atoms with Crippen molar-refractivity contribution < 1.29 is 0 Å². The van der Waals surface area contributed by atoms with Gasteiger partial charge in [-0.25, -0.2) is 0 Å². The van der Waals surface area contributed by atoms with Crippen LogP contribution in [0.4, 0.5) is 5.69 Å². The van der Waals surface area contributed by atoms with Crippen LogP contribution in [0.2, 0.25) is 10.0 Å². The number of halogens is 2. The Hall–Kier alpha value is -0.440. The van der Waals surface area contributed by atoms with Crippen LogP contribution in [-0.4, -0.2) is 21.1 Å². The molecule has 0 heterocycles. The van der Waals surface area contributed by atoms with Crippen molar-refractivity contribution >= 4 is 28.9 Å². The summed E-state index contributed by atoms with van der Waals surface area (Å²) in [7, 11) is 5.73. The van der Waals surface area contributed by atoms with E-state index in [1.54, 1.807) is 0 Å². The van der Waals surface area contributed by atoms with E-state index in [0.717, 1.165) is 17.8 Å². The first-order chi connectivity index (χ1) is 6.56. The van der Waals surface area contributed by atoms with Crippen molar-refractivity contribution in [2.24, 2.45) is 0 Å². The maximum Gasteiger partial charge on any atom is 0.0739 e. The molecule has 0 aliphatic carbocycles.